The minimum absolute atomic E-state index is 0.0316. The van der Waals surface area contributed by atoms with E-state index in [4.69, 9.17) is 0 Å². The number of carboxylic acids is 1. The molecule has 1 aliphatic rings. The molecule has 0 spiro atoms. The van der Waals surface area contributed by atoms with Crippen LogP contribution in [0.3, 0.4) is 0 Å². The quantitative estimate of drug-likeness (QED) is 0.460. The standard InChI is InChI=1S/C28H30FNO2/c1-27(2,3)20-11-9-17(10-12-20)18-7-6-8-19(15-18)25-28(4,5)16-21-23(30-25)14-13-22(29)24(21)26(31)32/h6-15,25,30H,16H2,1-5H3,(H,31,32). The van der Waals surface area contributed by atoms with Crippen LogP contribution in [0, 0.1) is 11.2 Å². The fraction of sp³-hybridized carbons (Fsp3) is 0.321. The summed E-state index contributed by atoms with van der Waals surface area (Å²) in [6, 6.07) is 20.0. The fourth-order valence-electron chi connectivity index (χ4n) is 4.67. The number of fused-ring (bicyclic) bond motifs is 1. The van der Waals surface area contributed by atoms with Crippen LogP contribution in [0.5, 0.6) is 0 Å². The van der Waals surface area contributed by atoms with Gasteiger partial charge in [-0.05, 0) is 63.3 Å². The third-order valence-electron chi connectivity index (χ3n) is 6.49. The largest absolute Gasteiger partial charge is 0.478 e. The topological polar surface area (TPSA) is 49.3 Å². The number of hydrogen-bond donors (Lipinski definition) is 2. The van der Waals surface area contributed by atoms with E-state index in [0.717, 1.165) is 16.7 Å². The summed E-state index contributed by atoms with van der Waals surface area (Å²) in [6.07, 6.45) is 0.476. The number of anilines is 1. The van der Waals surface area contributed by atoms with Crippen molar-refractivity contribution >= 4 is 11.7 Å². The van der Waals surface area contributed by atoms with Gasteiger partial charge in [0.15, 0.2) is 0 Å². The smallest absolute Gasteiger partial charge is 0.339 e. The monoisotopic (exact) mass is 431 g/mol. The Morgan fingerprint density at radius 2 is 1.72 bits per heavy atom. The number of carbonyl (C=O) groups is 1. The number of rotatable bonds is 3. The minimum Gasteiger partial charge on any atom is -0.478 e. The van der Waals surface area contributed by atoms with Gasteiger partial charge in [-0.1, -0.05) is 77.1 Å². The molecule has 2 N–H and O–H groups in total. The summed E-state index contributed by atoms with van der Waals surface area (Å²) >= 11 is 0. The molecular formula is C28H30FNO2. The molecule has 0 aromatic heterocycles. The predicted molar refractivity (Wildman–Crippen MR) is 128 cm³/mol. The van der Waals surface area contributed by atoms with Crippen molar-refractivity contribution in [1.29, 1.82) is 0 Å². The van der Waals surface area contributed by atoms with Crippen LogP contribution in [-0.4, -0.2) is 11.1 Å². The summed E-state index contributed by atoms with van der Waals surface area (Å²) in [5, 5.41) is 13.0. The highest BCUT2D eigenvalue weighted by molar-refractivity contribution is 5.92. The maximum atomic E-state index is 14.2. The highest BCUT2D eigenvalue weighted by Crippen LogP contribution is 2.46. The Hall–Kier alpha value is -3.14. The molecule has 0 aliphatic carbocycles. The molecule has 3 aromatic carbocycles. The number of hydrogen-bond acceptors (Lipinski definition) is 2. The van der Waals surface area contributed by atoms with E-state index < -0.39 is 11.8 Å². The molecule has 1 heterocycles. The lowest BCUT2D eigenvalue weighted by Gasteiger charge is -2.42. The molecule has 3 aromatic rings. The van der Waals surface area contributed by atoms with E-state index in [-0.39, 0.29) is 22.4 Å². The van der Waals surface area contributed by atoms with Crippen LogP contribution in [0.15, 0.2) is 60.7 Å². The van der Waals surface area contributed by atoms with Crippen LogP contribution in [-0.2, 0) is 11.8 Å². The Kier molecular flexibility index (Phi) is 5.36. The zero-order valence-corrected chi connectivity index (χ0v) is 19.3. The molecule has 4 rings (SSSR count). The van der Waals surface area contributed by atoms with Crippen LogP contribution < -0.4 is 5.32 Å². The molecule has 0 fully saturated rings. The Balaban J connectivity index is 1.71. The van der Waals surface area contributed by atoms with Crippen molar-refractivity contribution in [3.05, 3.63) is 88.7 Å². The van der Waals surface area contributed by atoms with E-state index in [9.17, 15) is 14.3 Å². The molecule has 0 amide bonds. The third-order valence-corrected chi connectivity index (χ3v) is 6.49. The summed E-state index contributed by atoms with van der Waals surface area (Å²) in [5.41, 5.74) is 5.51. The lowest BCUT2D eigenvalue weighted by molar-refractivity contribution is 0.0689. The summed E-state index contributed by atoms with van der Waals surface area (Å²) in [7, 11) is 0. The Morgan fingerprint density at radius 1 is 1.03 bits per heavy atom. The van der Waals surface area contributed by atoms with E-state index in [2.05, 4.69) is 88.5 Å². The van der Waals surface area contributed by atoms with Gasteiger partial charge in [-0.25, -0.2) is 9.18 Å². The highest BCUT2D eigenvalue weighted by atomic mass is 19.1. The van der Waals surface area contributed by atoms with Gasteiger partial charge in [0.25, 0.3) is 0 Å². The van der Waals surface area contributed by atoms with E-state index in [1.165, 1.54) is 11.6 Å². The first-order valence-electron chi connectivity index (χ1n) is 11.0. The van der Waals surface area contributed by atoms with Gasteiger partial charge in [-0.2, -0.15) is 0 Å². The Labute approximate surface area is 189 Å². The van der Waals surface area contributed by atoms with Gasteiger partial charge in [0, 0.05) is 5.69 Å². The summed E-state index contributed by atoms with van der Waals surface area (Å²) in [6.45, 7) is 10.8. The van der Waals surface area contributed by atoms with Crippen LogP contribution in [0.4, 0.5) is 10.1 Å². The second-order valence-electron chi connectivity index (χ2n) is 10.4. The zero-order chi connectivity index (χ0) is 23.3. The predicted octanol–water partition coefficient (Wildman–Crippen LogP) is 7.22. The van der Waals surface area contributed by atoms with Crippen molar-refractivity contribution < 1.29 is 14.3 Å². The molecule has 1 atom stereocenters. The van der Waals surface area contributed by atoms with Crippen molar-refractivity contribution in [2.24, 2.45) is 5.41 Å². The van der Waals surface area contributed by atoms with Crippen molar-refractivity contribution in [1.82, 2.24) is 0 Å². The normalized spacial score (nSPS) is 17.4. The number of benzene rings is 3. The van der Waals surface area contributed by atoms with E-state index in [1.54, 1.807) is 6.07 Å². The first-order valence-corrected chi connectivity index (χ1v) is 11.0. The first-order chi connectivity index (χ1) is 15.0. The second-order valence-corrected chi connectivity index (χ2v) is 10.4. The maximum Gasteiger partial charge on any atom is 0.339 e. The van der Waals surface area contributed by atoms with Crippen LogP contribution in [0.25, 0.3) is 11.1 Å². The van der Waals surface area contributed by atoms with Crippen molar-refractivity contribution in [2.75, 3.05) is 5.32 Å². The van der Waals surface area contributed by atoms with Gasteiger partial charge >= 0.3 is 5.97 Å². The van der Waals surface area contributed by atoms with E-state index in [1.807, 2.05) is 0 Å². The number of aromatic carboxylic acids is 1. The Morgan fingerprint density at radius 3 is 2.34 bits per heavy atom. The van der Waals surface area contributed by atoms with Gasteiger partial charge in [0.1, 0.15) is 11.4 Å². The van der Waals surface area contributed by atoms with Crippen molar-refractivity contribution in [2.45, 2.75) is 52.5 Å². The van der Waals surface area contributed by atoms with Gasteiger partial charge in [-0.3, -0.25) is 0 Å². The number of carboxylic acid groups (broad SMARTS) is 1. The third kappa shape index (κ3) is 4.02. The maximum absolute atomic E-state index is 14.2. The van der Waals surface area contributed by atoms with Gasteiger partial charge in [0.05, 0.1) is 6.04 Å². The molecule has 32 heavy (non-hydrogen) atoms. The lowest BCUT2D eigenvalue weighted by atomic mass is 9.71. The average molecular weight is 432 g/mol. The molecule has 0 radical (unpaired) electrons. The molecular weight excluding hydrogens is 401 g/mol. The van der Waals surface area contributed by atoms with Crippen LogP contribution in [0.1, 0.15) is 67.7 Å². The second kappa shape index (κ2) is 7.77. The van der Waals surface area contributed by atoms with Gasteiger partial charge in [0.2, 0.25) is 0 Å². The van der Waals surface area contributed by atoms with E-state index in [0.29, 0.717) is 17.7 Å². The van der Waals surface area contributed by atoms with Crippen LogP contribution in [0.2, 0.25) is 0 Å². The molecule has 0 saturated carbocycles. The molecule has 1 aliphatic heterocycles. The highest BCUT2D eigenvalue weighted by Gasteiger charge is 2.38. The van der Waals surface area contributed by atoms with Crippen molar-refractivity contribution in [3.63, 3.8) is 0 Å². The molecule has 3 nitrogen and oxygen atoms in total. The average Bonchev–Trinajstić information content (AvgIpc) is 2.72. The summed E-state index contributed by atoms with van der Waals surface area (Å²) < 4.78 is 14.2. The summed E-state index contributed by atoms with van der Waals surface area (Å²) in [5.74, 6) is -1.91. The SMILES string of the molecule is CC(C)(C)c1ccc(-c2cccc(C3Nc4ccc(F)c(C(=O)O)c4CC3(C)C)c2)cc1. The minimum atomic E-state index is -1.23. The molecule has 0 saturated heterocycles. The molecule has 1 unspecified atom stereocenters. The molecule has 0 bridgehead atoms. The number of halogens is 1. The van der Waals surface area contributed by atoms with Gasteiger partial charge in [-0.15, -0.1) is 0 Å². The molecule has 4 heteroatoms. The van der Waals surface area contributed by atoms with Gasteiger partial charge < -0.3 is 10.4 Å². The van der Waals surface area contributed by atoms with Crippen molar-refractivity contribution in [3.8, 4) is 11.1 Å². The summed E-state index contributed by atoms with van der Waals surface area (Å²) in [4.78, 5) is 11.7. The Bertz CT molecular complexity index is 1170. The zero-order valence-electron chi connectivity index (χ0n) is 19.3. The fourth-order valence-corrected chi connectivity index (χ4v) is 4.67. The van der Waals surface area contributed by atoms with E-state index >= 15 is 0 Å². The van der Waals surface area contributed by atoms with Crippen LogP contribution >= 0.6 is 0 Å². The molecule has 166 valence electrons. The first kappa shape index (κ1) is 22.1. The number of nitrogens with one attached hydrogen (secondary N) is 1. The lowest BCUT2D eigenvalue weighted by Crippen LogP contribution is -2.36.